The quantitative estimate of drug-likeness (QED) is 0.770. The Kier molecular flexibility index (Phi) is 5.45. The number of fused-ring (bicyclic) bond motifs is 4. The average molecular weight is 458 g/mol. The summed E-state index contributed by atoms with van der Waals surface area (Å²) in [4.78, 5) is 17.9. The van der Waals surface area contributed by atoms with Crippen molar-refractivity contribution in [2.75, 3.05) is 32.4 Å². The van der Waals surface area contributed by atoms with E-state index in [0.717, 1.165) is 49.2 Å². The van der Waals surface area contributed by atoms with Gasteiger partial charge in [0.15, 0.2) is 9.84 Å². The van der Waals surface area contributed by atoms with Gasteiger partial charge < -0.3 is 15.1 Å². The predicted molar refractivity (Wildman–Crippen MR) is 120 cm³/mol. The second-order valence-corrected chi connectivity index (χ2v) is 11.2. The third-order valence-corrected chi connectivity index (χ3v) is 8.29. The van der Waals surface area contributed by atoms with Crippen LogP contribution in [0.15, 0.2) is 47.4 Å². The van der Waals surface area contributed by atoms with E-state index in [1.165, 1.54) is 18.4 Å². The van der Waals surface area contributed by atoms with Crippen molar-refractivity contribution in [3.05, 3.63) is 65.0 Å². The lowest BCUT2D eigenvalue weighted by Crippen LogP contribution is -2.59. The molecule has 3 saturated heterocycles. The van der Waals surface area contributed by atoms with Crippen LogP contribution >= 0.6 is 0 Å². The van der Waals surface area contributed by atoms with Gasteiger partial charge in [0.1, 0.15) is 5.82 Å². The van der Waals surface area contributed by atoms with Gasteiger partial charge >= 0.3 is 6.03 Å². The van der Waals surface area contributed by atoms with Crippen molar-refractivity contribution in [3.8, 4) is 0 Å². The monoisotopic (exact) mass is 457 g/mol. The van der Waals surface area contributed by atoms with Crippen LogP contribution in [-0.4, -0.2) is 62.7 Å². The molecular formula is C24H28FN3O3S. The van der Waals surface area contributed by atoms with E-state index in [0.29, 0.717) is 18.9 Å². The number of urea groups is 1. The van der Waals surface area contributed by atoms with Gasteiger partial charge in [0.25, 0.3) is 0 Å². The van der Waals surface area contributed by atoms with Crippen LogP contribution in [-0.2, 0) is 16.3 Å². The maximum absolute atomic E-state index is 13.6. The van der Waals surface area contributed by atoms with Crippen molar-refractivity contribution in [2.24, 2.45) is 5.92 Å². The molecule has 2 aromatic rings. The molecule has 2 bridgehead atoms. The van der Waals surface area contributed by atoms with Gasteiger partial charge in [0.2, 0.25) is 0 Å². The molecule has 4 aliphatic rings. The van der Waals surface area contributed by atoms with E-state index >= 15 is 0 Å². The summed E-state index contributed by atoms with van der Waals surface area (Å²) in [6, 6.07) is 11.0. The molecule has 0 saturated carbocycles. The van der Waals surface area contributed by atoms with Gasteiger partial charge in [-0.1, -0.05) is 18.2 Å². The number of rotatable bonds is 3. The number of halogens is 1. The number of carbonyl (C=O) groups excluding carboxylic acids is 1. The van der Waals surface area contributed by atoms with Crippen molar-refractivity contribution in [1.82, 2.24) is 15.1 Å². The third kappa shape index (κ3) is 4.01. The molecule has 170 valence electrons. The molecule has 6 nitrogen and oxygen atoms in total. The van der Waals surface area contributed by atoms with Crippen molar-refractivity contribution in [2.45, 2.75) is 36.2 Å². The van der Waals surface area contributed by atoms with Crippen molar-refractivity contribution in [1.29, 1.82) is 0 Å². The van der Waals surface area contributed by atoms with Crippen LogP contribution in [0.3, 0.4) is 0 Å². The minimum Gasteiger partial charge on any atom is -0.334 e. The number of carbonyl (C=O) groups is 1. The predicted octanol–water partition coefficient (Wildman–Crippen LogP) is 2.98. The highest BCUT2D eigenvalue weighted by atomic mass is 32.2. The first kappa shape index (κ1) is 21.4. The van der Waals surface area contributed by atoms with Crippen LogP contribution in [0.1, 0.15) is 35.6 Å². The van der Waals surface area contributed by atoms with Crippen LogP contribution in [0, 0.1) is 11.7 Å². The summed E-state index contributed by atoms with van der Waals surface area (Å²) in [5.41, 5.74) is 2.61. The van der Waals surface area contributed by atoms with Crippen LogP contribution in [0.2, 0.25) is 0 Å². The second kappa shape index (κ2) is 8.15. The largest absolute Gasteiger partial charge is 0.334 e. The third-order valence-electron chi connectivity index (χ3n) is 7.18. The zero-order valence-electron chi connectivity index (χ0n) is 18.1. The Morgan fingerprint density at radius 2 is 1.78 bits per heavy atom. The van der Waals surface area contributed by atoms with Crippen LogP contribution in [0.4, 0.5) is 9.18 Å². The maximum Gasteiger partial charge on any atom is 0.318 e. The molecule has 1 unspecified atom stereocenters. The van der Waals surface area contributed by atoms with E-state index in [-0.39, 0.29) is 22.8 Å². The molecule has 2 amide bonds. The Hall–Kier alpha value is -2.45. The number of nitrogens with zero attached hydrogens (tertiary/aromatic N) is 2. The first-order chi connectivity index (χ1) is 15.3. The Labute approximate surface area is 188 Å². The minimum absolute atomic E-state index is 0.115. The molecule has 4 heterocycles. The Balaban J connectivity index is 1.48. The molecule has 3 fully saturated rings. The smallest absolute Gasteiger partial charge is 0.318 e. The molecule has 2 atom stereocenters. The van der Waals surface area contributed by atoms with Gasteiger partial charge in [-0.15, -0.1) is 0 Å². The van der Waals surface area contributed by atoms with Crippen molar-refractivity contribution >= 4 is 15.9 Å². The lowest BCUT2D eigenvalue weighted by molar-refractivity contribution is 0.0715. The first-order valence-electron chi connectivity index (χ1n) is 11.2. The molecule has 4 aliphatic heterocycles. The number of piperidine rings is 3. The number of benzene rings is 2. The van der Waals surface area contributed by atoms with Gasteiger partial charge in [-0.05, 0) is 79.2 Å². The normalized spacial score (nSPS) is 27.1. The molecule has 2 aromatic carbocycles. The zero-order valence-corrected chi connectivity index (χ0v) is 18.9. The van der Waals surface area contributed by atoms with Gasteiger partial charge in [-0.3, -0.25) is 0 Å². The fourth-order valence-electron chi connectivity index (χ4n) is 5.43. The SMILES string of the molecule is CS(=O)(=O)c1ccc2c(c1)CCN(C(=O)N[C@H]1CN3CCC1CC3)C2c1ccc(F)cc1. The van der Waals surface area contributed by atoms with Crippen LogP contribution in [0.25, 0.3) is 0 Å². The summed E-state index contributed by atoms with van der Waals surface area (Å²) in [7, 11) is -3.33. The highest BCUT2D eigenvalue weighted by Crippen LogP contribution is 2.37. The fraction of sp³-hybridized carbons (Fsp3) is 0.458. The molecular weight excluding hydrogens is 429 g/mol. The molecule has 32 heavy (non-hydrogen) atoms. The Bertz CT molecular complexity index is 1130. The van der Waals surface area contributed by atoms with E-state index in [1.807, 2.05) is 4.90 Å². The zero-order chi connectivity index (χ0) is 22.5. The van der Waals surface area contributed by atoms with Gasteiger partial charge in [-0.25, -0.2) is 17.6 Å². The lowest BCUT2D eigenvalue weighted by atomic mass is 9.84. The Morgan fingerprint density at radius 1 is 1.06 bits per heavy atom. The van der Waals surface area contributed by atoms with E-state index in [4.69, 9.17) is 0 Å². The molecule has 6 rings (SSSR count). The summed E-state index contributed by atoms with van der Waals surface area (Å²) in [6.45, 7) is 3.57. The average Bonchev–Trinajstić information content (AvgIpc) is 2.79. The molecule has 0 aromatic heterocycles. The summed E-state index contributed by atoms with van der Waals surface area (Å²) in [6.07, 6.45) is 4.00. The summed E-state index contributed by atoms with van der Waals surface area (Å²) in [5.74, 6) is 0.183. The van der Waals surface area contributed by atoms with Gasteiger partial charge in [-0.2, -0.15) is 0 Å². The molecule has 0 radical (unpaired) electrons. The first-order valence-corrected chi connectivity index (χ1v) is 13.1. The number of hydrogen-bond acceptors (Lipinski definition) is 4. The second-order valence-electron chi connectivity index (χ2n) is 9.22. The number of hydrogen-bond donors (Lipinski definition) is 1. The fourth-order valence-corrected chi connectivity index (χ4v) is 6.10. The van der Waals surface area contributed by atoms with E-state index in [1.54, 1.807) is 30.3 Å². The lowest BCUT2D eigenvalue weighted by Gasteiger charge is -2.46. The summed E-state index contributed by atoms with van der Waals surface area (Å²) in [5, 5.41) is 3.27. The summed E-state index contributed by atoms with van der Waals surface area (Å²) < 4.78 is 37.7. The number of sulfone groups is 1. The highest BCUT2D eigenvalue weighted by molar-refractivity contribution is 7.90. The van der Waals surface area contributed by atoms with Gasteiger partial charge in [0, 0.05) is 25.4 Å². The van der Waals surface area contributed by atoms with E-state index < -0.39 is 15.9 Å². The number of nitrogens with one attached hydrogen (secondary N) is 1. The Morgan fingerprint density at radius 3 is 2.41 bits per heavy atom. The molecule has 8 heteroatoms. The van der Waals surface area contributed by atoms with E-state index in [2.05, 4.69) is 10.2 Å². The topological polar surface area (TPSA) is 69.7 Å². The molecule has 1 N–H and O–H groups in total. The highest BCUT2D eigenvalue weighted by Gasteiger charge is 2.38. The van der Waals surface area contributed by atoms with E-state index in [9.17, 15) is 17.6 Å². The van der Waals surface area contributed by atoms with Crippen molar-refractivity contribution < 1.29 is 17.6 Å². The molecule has 0 spiro atoms. The minimum atomic E-state index is -3.33. The standard InChI is InChI=1S/C24H28FN3O3S/c1-32(30,31)20-6-7-21-18(14-20)10-13-28(23(21)17-2-4-19(25)5-3-17)24(29)26-22-15-27-11-8-16(22)9-12-27/h2-7,14,16,22-23H,8-13,15H2,1H3,(H,26,29)/t22-,23?/m0/s1. The van der Waals surface area contributed by atoms with Gasteiger partial charge in [0.05, 0.1) is 10.9 Å². The number of amides is 2. The summed E-state index contributed by atoms with van der Waals surface area (Å²) >= 11 is 0. The van der Waals surface area contributed by atoms with Crippen LogP contribution < -0.4 is 5.32 Å². The van der Waals surface area contributed by atoms with Crippen molar-refractivity contribution in [3.63, 3.8) is 0 Å². The molecule has 0 aliphatic carbocycles. The maximum atomic E-state index is 13.6. The van der Waals surface area contributed by atoms with Crippen LogP contribution in [0.5, 0.6) is 0 Å².